The first-order valence-electron chi connectivity index (χ1n) is 6.15. The van der Waals surface area contributed by atoms with Gasteiger partial charge in [-0.25, -0.2) is 4.98 Å². The van der Waals surface area contributed by atoms with Crippen LogP contribution in [0.4, 0.5) is 5.82 Å². The first-order valence-corrected chi connectivity index (χ1v) is 6.15. The van der Waals surface area contributed by atoms with Crippen molar-refractivity contribution in [1.82, 2.24) is 4.98 Å². The van der Waals surface area contributed by atoms with Crippen molar-refractivity contribution < 1.29 is 4.79 Å². The summed E-state index contributed by atoms with van der Waals surface area (Å²) in [4.78, 5) is 15.7. The number of pyridine rings is 1. The lowest BCUT2D eigenvalue weighted by Crippen LogP contribution is -2.12. The number of anilines is 1. The largest absolute Gasteiger partial charge is 0.330 e. The number of aryl methyl sites for hydroxylation is 1. The molecule has 0 spiro atoms. The lowest BCUT2D eigenvalue weighted by Gasteiger charge is -2.04. The molecular formula is C13H23Cl2N3O. The monoisotopic (exact) mass is 307 g/mol. The number of amides is 1. The van der Waals surface area contributed by atoms with Gasteiger partial charge in [0.25, 0.3) is 0 Å². The van der Waals surface area contributed by atoms with E-state index in [9.17, 15) is 4.79 Å². The summed E-state index contributed by atoms with van der Waals surface area (Å²) in [5.74, 6) is 0.674. The number of nitrogens with one attached hydrogen (secondary N) is 1. The Balaban J connectivity index is 0. The van der Waals surface area contributed by atoms with Crippen molar-refractivity contribution in [3.05, 3.63) is 23.9 Å². The number of nitrogens with two attached hydrogens (primary N) is 1. The van der Waals surface area contributed by atoms with Gasteiger partial charge in [0.05, 0.1) is 0 Å². The van der Waals surface area contributed by atoms with E-state index >= 15 is 0 Å². The van der Waals surface area contributed by atoms with E-state index in [1.54, 1.807) is 6.20 Å². The second-order valence-corrected chi connectivity index (χ2v) is 4.22. The van der Waals surface area contributed by atoms with Crippen LogP contribution in [-0.4, -0.2) is 17.4 Å². The molecule has 0 aliphatic heterocycles. The Morgan fingerprint density at radius 1 is 1.26 bits per heavy atom. The molecule has 0 unspecified atom stereocenters. The van der Waals surface area contributed by atoms with Crippen molar-refractivity contribution in [2.75, 3.05) is 11.9 Å². The lowest BCUT2D eigenvalue weighted by molar-refractivity contribution is -0.116. The maximum Gasteiger partial charge on any atom is 0.225 e. The number of hydrogen-bond donors (Lipinski definition) is 2. The lowest BCUT2D eigenvalue weighted by atomic mass is 10.1. The highest BCUT2D eigenvalue weighted by atomic mass is 35.5. The number of hydrogen-bond acceptors (Lipinski definition) is 3. The van der Waals surface area contributed by atoms with E-state index in [0.717, 1.165) is 37.8 Å². The average Bonchev–Trinajstić information content (AvgIpc) is 2.29. The van der Waals surface area contributed by atoms with Crippen molar-refractivity contribution in [2.45, 2.75) is 39.0 Å². The molecule has 1 rings (SSSR count). The molecule has 0 saturated carbocycles. The van der Waals surface area contributed by atoms with Crippen LogP contribution in [0.25, 0.3) is 0 Å². The molecule has 4 nitrogen and oxygen atoms in total. The van der Waals surface area contributed by atoms with Gasteiger partial charge in [-0.3, -0.25) is 4.79 Å². The summed E-state index contributed by atoms with van der Waals surface area (Å²) in [5.41, 5.74) is 6.49. The van der Waals surface area contributed by atoms with Crippen LogP contribution in [0.15, 0.2) is 18.3 Å². The minimum Gasteiger partial charge on any atom is -0.330 e. The summed E-state index contributed by atoms with van der Waals surface area (Å²) in [6, 6.07) is 3.77. The average molecular weight is 308 g/mol. The van der Waals surface area contributed by atoms with Crippen LogP contribution in [-0.2, 0) is 4.79 Å². The van der Waals surface area contributed by atoms with Crippen molar-refractivity contribution in [1.29, 1.82) is 0 Å². The summed E-state index contributed by atoms with van der Waals surface area (Å²) >= 11 is 0. The van der Waals surface area contributed by atoms with E-state index in [4.69, 9.17) is 5.73 Å². The molecular weight excluding hydrogens is 285 g/mol. The van der Waals surface area contributed by atoms with Gasteiger partial charge in [-0.1, -0.05) is 12.8 Å². The molecule has 0 bridgehead atoms. The van der Waals surface area contributed by atoms with Crippen LogP contribution in [0, 0.1) is 6.92 Å². The van der Waals surface area contributed by atoms with Crippen LogP contribution in [0.2, 0.25) is 0 Å². The number of rotatable bonds is 7. The predicted octanol–water partition coefficient (Wildman–Crippen LogP) is 3.08. The van der Waals surface area contributed by atoms with Crippen molar-refractivity contribution >= 4 is 36.5 Å². The molecule has 1 amide bonds. The van der Waals surface area contributed by atoms with E-state index in [-0.39, 0.29) is 30.7 Å². The maximum atomic E-state index is 11.6. The molecule has 0 fully saturated rings. The maximum absolute atomic E-state index is 11.6. The fourth-order valence-electron chi connectivity index (χ4n) is 1.59. The third-order valence-electron chi connectivity index (χ3n) is 2.54. The predicted molar refractivity (Wildman–Crippen MR) is 84.2 cm³/mol. The van der Waals surface area contributed by atoms with Crippen molar-refractivity contribution in [2.24, 2.45) is 5.73 Å². The highest BCUT2D eigenvalue weighted by Gasteiger charge is 2.02. The van der Waals surface area contributed by atoms with Gasteiger partial charge in [-0.2, -0.15) is 0 Å². The molecule has 1 heterocycles. The van der Waals surface area contributed by atoms with Gasteiger partial charge in [-0.05, 0) is 44.0 Å². The molecule has 0 atom stereocenters. The van der Waals surface area contributed by atoms with Crippen molar-refractivity contribution in [3.8, 4) is 0 Å². The fourth-order valence-corrected chi connectivity index (χ4v) is 1.59. The Bertz CT molecular complexity index is 361. The molecule has 19 heavy (non-hydrogen) atoms. The molecule has 1 aromatic heterocycles. The highest BCUT2D eigenvalue weighted by Crippen LogP contribution is 2.07. The molecule has 0 aromatic carbocycles. The van der Waals surface area contributed by atoms with Crippen LogP contribution >= 0.6 is 24.8 Å². The van der Waals surface area contributed by atoms with Crippen LogP contribution in [0.1, 0.15) is 37.7 Å². The zero-order chi connectivity index (χ0) is 12.5. The first-order chi connectivity index (χ1) is 8.22. The van der Waals surface area contributed by atoms with E-state index < -0.39 is 0 Å². The molecule has 0 aliphatic carbocycles. The van der Waals surface area contributed by atoms with E-state index in [1.807, 2.05) is 19.1 Å². The second-order valence-electron chi connectivity index (χ2n) is 4.22. The summed E-state index contributed by atoms with van der Waals surface area (Å²) in [6.45, 7) is 2.71. The number of halogens is 2. The third kappa shape index (κ3) is 9.70. The molecule has 3 N–H and O–H groups in total. The van der Waals surface area contributed by atoms with Gasteiger partial charge in [-0.15, -0.1) is 24.8 Å². The molecule has 1 aromatic rings. The minimum absolute atomic E-state index is 0. The Labute approximate surface area is 127 Å². The SMILES string of the molecule is Cc1ccnc(NC(=O)CCCCCCN)c1.Cl.Cl. The van der Waals surface area contributed by atoms with E-state index in [2.05, 4.69) is 10.3 Å². The van der Waals surface area contributed by atoms with E-state index in [1.165, 1.54) is 0 Å². The second kappa shape index (κ2) is 12.2. The number of nitrogens with zero attached hydrogens (tertiary/aromatic N) is 1. The Kier molecular flexibility index (Phi) is 13.2. The highest BCUT2D eigenvalue weighted by molar-refractivity contribution is 5.89. The van der Waals surface area contributed by atoms with Gasteiger partial charge in [0.1, 0.15) is 5.82 Å². The standard InChI is InChI=1S/C13H21N3O.2ClH/c1-11-7-9-15-12(10-11)16-13(17)6-4-2-3-5-8-14;;/h7,9-10H,2-6,8,14H2,1H3,(H,15,16,17);2*1H. The van der Waals surface area contributed by atoms with Gasteiger partial charge < -0.3 is 11.1 Å². The molecule has 0 saturated heterocycles. The topological polar surface area (TPSA) is 68.0 Å². The smallest absolute Gasteiger partial charge is 0.225 e. The molecule has 0 radical (unpaired) electrons. The van der Waals surface area contributed by atoms with Crippen molar-refractivity contribution in [3.63, 3.8) is 0 Å². The Morgan fingerprint density at radius 2 is 1.95 bits per heavy atom. The Hall–Kier alpha value is -0.840. The summed E-state index contributed by atoms with van der Waals surface area (Å²) in [6.07, 6.45) is 6.38. The Morgan fingerprint density at radius 3 is 2.58 bits per heavy atom. The number of carbonyl (C=O) groups is 1. The van der Waals surface area contributed by atoms with Gasteiger partial charge in [0, 0.05) is 12.6 Å². The van der Waals surface area contributed by atoms with Crippen LogP contribution < -0.4 is 11.1 Å². The first kappa shape index (κ1) is 20.5. The zero-order valence-electron chi connectivity index (χ0n) is 11.2. The zero-order valence-corrected chi connectivity index (χ0v) is 12.9. The molecule has 0 aliphatic rings. The molecule has 6 heteroatoms. The van der Waals surface area contributed by atoms with Gasteiger partial charge >= 0.3 is 0 Å². The van der Waals surface area contributed by atoms with Gasteiger partial charge in [0.2, 0.25) is 5.91 Å². The van der Waals surface area contributed by atoms with Crippen LogP contribution in [0.3, 0.4) is 0 Å². The normalized spacial score (nSPS) is 9.16. The number of carbonyl (C=O) groups excluding carboxylic acids is 1. The number of unbranched alkanes of at least 4 members (excludes halogenated alkanes) is 3. The summed E-state index contributed by atoms with van der Waals surface area (Å²) < 4.78 is 0. The summed E-state index contributed by atoms with van der Waals surface area (Å²) in [7, 11) is 0. The fraction of sp³-hybridized carbons (Fsp3) is 0.538. The van der Waals surface area contributed by atoms with Crippen LogP contribution in [0.5, 0.6) is 0 Å². The quantitative estimate of drug-likeness (QED) is 0.761. The summed E-state index contributed by atoms with van der Waals surface area (Å²) in [5, 5.41) is 2.80. The van der Waals surface area contributed by atoms with Gasteiger partial charge in [0.15, 0.2) is 0 Å². The van der Waals surface area contributed by atoms with E-state index in [0.29, 0.717) is 12.2 Å². The minimum atomic E-state index is 0. The molecule has 110 valence electrons. The third-order valence-corrected chi connectivity index (χ3v) is 2.54. The number of aromatic nitrogens is 1.